The molecule has 0 aliphatic carbocycles. The molecule has 124 valence electrons. The van der Waals surface area contributed by atoms with Crippen molar-refractivity contribution in [3.05, 3.63) is 35.1 Å². The first kappa shape index (κ1) is 17.7. The minimum Gasteiger partial charge on any atom is -0.338 e. The zero-order chi connectivity index (χ0) is 15.7. The highest BCUT2D eigenvalue weighted by atomic mass is 35.5. The van der Waals surface area contributed by atoms with Gasteiger partial charge in [0.15, 0.2) is 0 Å². The van der Waals surface area contributed by atoms with E-state index in [0.717, 1.165) is 6.42 Å². The number of aromatic nitrogens is 4. The van der Waals surface area contributed by atoms with E-state index in [1.807, 2.05) is 4.90 Å². The number of amides is 1. The van der Waals surface area contributed by atoms with Crippen LogP contribution in [-0.2, 0) is 0 Å². The molecule has 1 fully saturated rings. The molecule has 1 atom stereocenters. The van der Waals surface area contributed by atoms with E-state index < -0.39 is 0 Å². The van der Waals surface area contributed by atoms with Gasteiger partial charge in [-0.1, -0.05) is 18.5 Å². The Morgan fingerprint density at radius 3 is 2.83 bits per heavy atom. The molecule has 1 aliphatic heterocycles. The molecule has 0 saturated carbocycles. The first-order valence-electron chi connectivity index (χ1n) is 7.05. The summed E-state index contributed by atoms with van der Waals surface area (Å²) < 4.78 is 1.49. The van der Waals surface area contributed by atoms with Gasteiger partial charge in [-0.3, -0.25) is 4.79 Å². The van der Waals surface area contributed by atoms with E-state index >= 15 is 0 Å². The summed E-state index contributed by atoms with van der Waals surface area (Å²) in [5, 5.41) is 11.3. The molecule has 0 bridgehead atoms. The molecule has 1 unspecified atom stereocenters. The number of nitrogens with zero attached hydrogens (tertiary/aromatic N) is 5. The number of halogens is 2. The van der Waals surface area contributed by atoms with Crippen LogP contribution in [0.4, 0.5) is 0 Å². The van der Waals surface area contributed by atoms with Crippen LogP contribution in [-0.4, -0.2) is 50.6 Å². The SMILES string of the molecule is CC1(CN)CCN(C(=O)c2ccc(-n3cnnn3)cc2Cl)C1.Cl. The molecule has 1 amide bonds. The lowest BCUT2D eigenvalue weighted by molar-refractivity contribution is 0.0777. The van der Waals surface area contributed by atoms with Crippen molar-refractivity contribution in [1.82, 2.24) is 25.1 Å². The minimum atomic E-state index is -0.0644. The van der Waals surface area contributed by atoms with E-state index in [2.05, 4.69) is 22.4 Å². The molecule has 0 radical (unpaired) electrons. The van der Waals surface area contributed by atoms with Crippen LogP contribution < -0.4 is 5.73 Å². The maximum Gasteiger partial charge on any atom is 0.255 e. The maximum atomic E-state index is 12.6. The average molecular weight is 357 g/mol. The van der Waals surface area contributed by atoms with Gasteiger partial charge in [0.1, 0.15) is 6.33 Å². The van der Waals surface area contributed by atoms with Crippen molar-refractivity contribution in [2.24, 2.45) is 11.1 Å². The van der Waals surface area contributed by atoms with Gasteiger partial charge >= 0.3 is 0 Å². The lowest BCUT2D eigenvalue weighted by Crippen LogP contribution is -2.34. The van der Waals surface area contributed by atoms with Crippen LogP contribution in [0.15, 0.2) is 24.5 Å². The highest BCUT2D eigenvalue weighted by molar-refractivity contribution is 6.34. The highest BCUT2D eigenvalue weighted by Gasteiger charge is 2.35. The fourth-order valence-corrected chi connectivity index (χ4v) is 2.89. The van der Waals surface area contributed by atoms with Crippen molar-refractivity contribution >= 4 is 29.9 Å². The second-order valence-corrected chi connectivity index (χ2v) is 6.32. The number of tetrazole rings is 1. The number of likely N-dealkylation sites (tertiary alicyclic amines) is 1. The van der Waals surface area contributed by atoms with Gasteiger partial charge in [-0.05, 0) is 47.0 Å². The van der Waals surface area contributed by atoms with Crippen LogP contribution in [0.2, 0.25) is 5.02 Å². The third-order valence-corrected chi connectivity index (χ3v) is 4.45. The fourth-order valence-electron chi connectivity index (χ4n) is 2.63. The molecular weight excluding hydrogens is 339 g/mol. The van der Waals surface area contributed by atoms with Crippen LogP contribution >= 0.6 is 24.0 Å². The summed E-state index contributed by atoms with van der Waals surface area (Å²) in [7, 11) is 0. The minimum absolute atomic E-state index is 0. The van der Waals surface area contributed by atoms with E-state index in [1.165, 1.54) is 11.0 Å². The lowest BCUT2D eigenvalue weighted by atomic mass is 9.90. The summed E-state index contributed by atoms with van der Waals surface area (Å²) in [6, 6.07) is 5.16. The first-order valence-corrected chi connectivity index (χ1v) is 7.42. The van der Waals surface area contributed by atoms with Gasteiger partial charge in [0.05, 0.1) is 16.3 Å². The number of hydrogen-bond acceptors (Lipinski definition) is 5. The predicted molar refractivity (Wildman–Crippen MR) is 89.1 cm³/mol. The van der Waals surface area contributed by atoms with Crippen LogP contribution in [0.5, 0.6) is 0 Å². The Bertz CT molecular complexity index is 693. The summed E-state index contributed by atoms with van der Waals surface area (Å²) in [5.41, 5.74) is 6.98. The zero-order valence-electron chi connectivity index (χ0n) is 12.6. The summed E-state index contributed by atoms with van der Waals surface area (Å²) in [4.78, 5) is 14.4. The number of benzene rings is 1. The second-order valence-electron chi connectivity index (χ2n) is 5.91. The average Bonchev–Trinajstić information content (AvgIpc) is 3.17. The Hall–Kier alpha value is -1.70. The number of nitrogens with two attached hydrogens (primary N) is 1. The molecule has 23 heavy (non-hydrogen) atoms. The third kappa shape index (κ3) is 3.46. The first-order chi connectivity index (χ1) is 10.5. The molecule has 9 heteroatoms. The quantitative estimate of drug-likeness (QED) is 0.900. The topological polar surface area (TPSA) is 89.9 Å². The standard InChI is InChI=1S/C14H17ClN6O.ClH/c1-14(7-16)4-5-20(8-14)13(22)11-3-2-10(6-12(11)15)21-9-17-18-19-21;/h2-3,6,9H,4-5,7-8,16H2,1H3;1H. The molecule has 1 aromatic carbocycles. The fraction of sp³-hybridized carbons (Fsp3) is 0.429. The number of carbonyl (C=O) groups excluding carboxylic acids is 1. The zero-order valence-corrected chi connectivity index (χ0v) is 14.2. The number of hydrogen-bond donors (Lipinski definition) is 1. The van der Waals surface area contributed by atoms with Gasteiger partial charge in [-0.2, -0.15) is 0 Å². The van der Waals surface area contributed by atoms with Crippen molar-refractivity contribution in [2.45, 2.75) is 13.3 Å². The molecule has 1 saturated heterocycles. The lowest BCUT2D eigenvalue weighted by Gasteiger charge is -2.23. The number of rotatable bonds is 3. The molecular formula is C14H18Cl2N6O. The van der Waals surface area contributed by atoms with Crippen LogP contribution in [0, 0.1) is 5.41 Å². The van der Waals surface area contributed by atoms with Gasteiger partial charge < -0.3 is 10.6 Å². The van der Waals surface area contributed by atoms with Gasteiger partial charge in [0.2, 0.25) is 0 Å². The number of carbonyl (C=O) groups is 1. The summed E-state index contributed by atoms with van der Waals surface area (Å²) in [5.74, 6) is -0.0644. The van der Waals surface area contributed by atoms with Gasteiger partial charge in [-0.15, -0.1) is 17.5 Å². The second kappa shape index (κ2) is 6.82. The van der Waals surface area contributed by atoms with Crippen LogP contribution in [0.1, 0.15) is 23.7 Å². The smallest absolute Gasteiger partial charge is 0.255 e. The highest BCUT2D eigenvalue weighted by Crippen LogP contribution is 2.31. The molecule has 0 spiro atoms. The van der Waals surface area contributed by atoms with E-state index in [1.54, 1.807) is 18.2 Å². The van der Waals surface area contributed by atoms with E-state index in [9.17, 15) is 4.79 Å². The van der Waals surface area contributed by atoms with E-state index in [4.69, 9.17) is 17.3 Å². The maximum absolute atomic E-state index is 12.6. The third-order valence-electron chi connectivity index (χ3n) is 4.13. The molecule has 2 N–H and O–H groups in total. The predicted octanol–water partition coefficient (Wildman–Crippen LogP) is 1.55. The van der Waals surface area contributed by atoms with Crippen molar-refractivity contribution in [3.8, 4) is 5.69 Å². The molecule has 1 aromatic heterocycles. The Balaban J connectivity index is 0.00000192. The molecule has 2 heterocycles. The van der Waals surface area contributed by atoms with Crippen LogP contribution in [0.3, 0.4) is 0 Å². The van der Waals surface area contributed by atoms with Gasteiger partial charge in [-0.25, -0.2) is 4.68 Å². The van der Waals surface area contributed by atoms with E-state index in [-0.39, 0.29) is 23.7 Å². The van der Waals surface area contributed by atoms with Crippen molar-refractivity contribution in [3.63, 3.8) is 0 Å². The Labute approximate surface area is 145 Å². The van der Waals surface area contributed by atoms with Gasteiger partial charge in [0.25, 0.3) is 5.91 Å². The van der Waals surface area contributed by atoms with Crippen LogP contribution in [0.25, 0.3) is 5.69 Å². The van der Waals surface area contributed by atoms with Crippen molar-refractivity contribution < 1.29 is 4.79 Å². The Morgan fingerprint density at radius 2 is 2.26 bits per heavy atom. The Kier molecular flexibility index (Phi) is 5.23. The normalized spacial score (nSPS) is 20.4. The summed E-state index contributed by atoms with van der Waals surface area (Å²) in [6.07, 6.45) is 2.38. The molecule has 1 aliphatic rings. The molecule has 3 rings (SSSR count). The Morgan fingerprint density at radius 1 is 1.48 bits per heavy atom. The largest absolute Gasteiger partial charge is 0.338 e. The molecule has 7 nitrogen and oxygen atoms in total. The van der Waals surface area contributed by atoms with Crippen molar-refractivity contribution in [2.75, 3.05) is 19.6 Å². The summed E-state index contributed by atoms with van der Waals surface area (Å²) >= 11 is 6.27. The monoisotopic (exact) mass is 356 g/mol. The molecule has 2 aromatic rings. The van der Waals surface area contributed by atoms with E-state index in [0.29, 0.717) is 35.9 Å². The van der Waals surface area contributed by atoms with Gasteiger partial charge in [0, 0.05) is 13.1 Å². The summed E-state index contributed by atoms with van der Waals surface area (Å²) in [6.45, 7) is 4.04. The van der Waals surface area contributed by atoms with Crippen molar-refractivity contribution in [1.29, 1.82) is 0 Å².